The molecule has 0 amide bonds. The van der Waals surface area contributed by atoms with Gasteiger partial charge in [0.2, 0.25) is 0 Å². The molecule has 0 aromatic carbocycles. The first-order valence-electron chi connectivity index (χ1n) is 5.05. The van der Waals surface area contributed by atoms with Gasteiger partial charge in [0.05, 0.1) is 16.1 Å². The summed E-state index contributed by atoms with van der Waals surface area (Å²) in [5.41, 5.74) is 2.31. The molecule has 85 valence electrons. The maximum atomic E-state index is 4.36. The minimum Gasteiger partial charge on any atom is -0.361 e. The van der Waals surface area contributed by atoms with Crippen LogP contribution >= 0.6 is 12.6 Å². The van der Waals surface area contributed by atoms with Crippen molar-refractivity contribution in [3.8, 4) is 0 Å². The van der Waals surface area contributed by atoms with E-state index < -0.39 is 0 Å². The Kier molecular flexibility index (Phi) is 6.28. The molecule has 0 saturated heterocycles. The fourth-order valence-corrected chi connectivity index (χ4v) is 2.30. The van der Waals surface area contributed by atoms with Gasteiger partial charge in [-0.25, -0.2) is 0 Å². The molecule has 0 aliphatic rings. The van der Waals surface area contributed by atoms with Crippen molar-refractivity contribution in [1.82, 2.24) is 4.90 Å². The zero-order valence-corrected chi connectivity index (χ0v) is 12.2. The predicted molar refractivity (Wildman–Crippen MR) is 72.9 cm³/mol. The van der Waals surface area contributed by atoms with Crippen molar-refractivity contribution in [1.29, 1.82) is 0 Å². The molecule has 2 nitrogen and oxygen atoms in total. The summed E-state index contributed by atoms with van der Waals surface area (Å²) in [5.74, 6) is 0.715. The summed E-state index contributed by atoms with van der Waals surface area (Å²) in [6.45, 7) is 10.6. The van der Waals surface area contributed by atoms with E-state index in [1.165, 1.54) is 5.70 Å². The van der Waals surface area contributed by atoms with E-state index in [-0.39, 0.29) is 5.54 Å². The minimum absolute atomic E-state index is 0.0938. The van der Waals surface area contributed by atoms with Crippen molar-refractivity contribution in [3.63, 3.8) is 0 Å². The van der Waals surface area contributed by atoms with Crippen LogP contribution in [0.15, 0.2) is 16.8 Å². The number of thiol groups is 1. The second-order valence-corrected chi connectivity index (χ2v) is 5.08. The first kappa shape index (κ1) is 14.8. The second-order valence-electron chi connectivity index (χ2n) is 4.48. The van der Waals surface area contributed by atoms with Gasteiger partial charge in [0.1, 0.15) is 0 Å². The highest BCUT2D eigenvalue weighted by Crippen LogP contribution is 2.19. The number of hydrogen-bond acceptors (Lipinski definition) is 3. The number of aliphatic imine (C=N–C) groups is 1. The summed E-state index contributed by atoms with van der Waals surface area (Å²) in [6.07, 6.45) is 2.73. The van der Waals surface area contributed by atoms with Crippen LogP contribution in [-0.2, 0) is 0 Å². The van der Waals surface area contributed by atoms with Crippen LogP contribution in [0.1, 0.15) is 34.6 Å². The van der Waals surface area contributed by atoms with Crippen molar-refractivity contribution in [3.05, 3.63) is 11.8 Å². The lowest BCUT2D eigenvalue weighted by Crippen LogP contribution is -2.39. The smallest absolute Gasteiger partial charge is 0.0612 e. The van der Waals surface area contributed by atoms with Crippen LogP contribution in [-0.4, -0.2) is 38.4 Å². The Hall–Kier alpha value is -0.223. The zero-order chi connectivity index (χ0) is 12.1. The molecule has 15 heavy (non-hydrogen) atoms. The van der Waals surface area contributed by atoms with Crippen LogP contribution in [0, 0.1) is 0 Å². The van der Waals surface area contributed by atoms with Gasteiger partial charge < -0.3 is 4.90 Å². The van der Waals surface area contributed by atoms with Gasteiger partial charge in [-0.1, -0.05) is 0 Å². The summed E-state index contributed by atoms with van der Waals surface area (Å²) in [6, 6.07) is 0. The van der Waals surface area contributed by atoms with Crippen molar-refractivity contribution >= 4 is 28.6 Å². The normalized spacial score (nSPS) is 14.3. The predicted octanol–water partition coefficient (Wildman–Crippen LogP) is 2.46. The molecule has 3 radical (unpaired) electrons. The van der Waals surface area contributed by atoms with Gasteiger partial charge in [0.15, 0.2) is 0 Å². The third-order valence-corrected chi connectivity index (χ3v) is 2.56. The van der Waals surface area contributed by atoms with Crippen molar-refractivity contribution in [2.75, 3.05) is 12.0 Å². The highest BCUT2D eigenvalue weighted by Gasteiger charge is 2.19. The molecule has 0 aromatic rings. The molecule has 4 heteroatoms. The number of nitrogens with zero attached hydrogens (tertiary/aromatic N) is 2. The van der Waals surface area contributed by atoms with Crippen LogP contribution in [0.4, 0.5) is 0 Å². The van der Waals surface area contributed by atoms with Crippen LogP contribution in [0.5, 0.6) is 0 Å². The minimum atomic E-state index is 0.0938. The number of rotatable bonds is 4. The molecule has 0 aliphatic heterocycles. The molecule has 0 aliphatic carbocycles. The van der Waals surface area contributed by atoms with Gasteiger partial charge in [-0.2, -0.15) is 12.6 Å². The van der Waals surface area contributed by atoms with E-state index in [1.807, 2.05) is 6.92 Å². The van der Waals surface area contributed by atoms with Gasteiger partial charge in [-0.15, -0.1) is 0 Å². The average Bonchev–Trinajstić information content (AvgIpc) is 2.02. The summed E-state index contributed by atoms with van der Waals surface area (Å²) >= 11 is 4.36. The molecule has 0 aromatic heterocycles. The molecule has 0 spiro atoms. The van der Waals surface area contributed by atoms with Gasteiger partial charge in [-0.3, -0.25) is 4.99 Å². The molecule has 0 atom stereocenters. The Morgan fingerprint density at radius 2 is 1.93 bits per heavy atom. The fourth-order valence-electron chi connectivity index (χ4n) is 1.40. The molecule has 0 heterocycles. The SMILES string of the molecule is C/C(=C/C(C)=N/C[Si])N(CS)C(C)(C)C. The number of hydrogen-bond donors (Lipinski definition) is 1. The van der Waals surface area contributed by atoms with Crippen molar-refractivity contribution in [2.24, 2.45) is 4.99 Å². The van der Waals surface area contributed by atoms with Crippen LogP contribution < -0.4 is 0 Å². The maximum absolute atomic E-state index is 4.36. The summed E-state index contributed by atoms with van der Waals surface area (Å²) in [4.78, 5) is 6.50. The standard InChI is InChI=1S/C11H21N2SSi/c1-9(12-7-15)6-10(2)13(8-14)11(3,4)5/h6,14H,7-8H2,1-5H3/b10-6-,12-9+. The summed E-state index contributed by atoms with van der Waals surface area (Å²) in [7, 11) is 3.33. The van der Waals surface area contributed by atoms with E-state index in [1.54, 1.807) is 0 Å². The lowest BCUT2D eigenvalue weighted by atomic mass is 10.1. The molecule has 0 saturated carbocycles. The molecular weight excluding hydrogens is 220 g/mol. The molecule has 0 bridgehead atoms. The van der Waals surface area contributed by atoms with E-state index >= 15 is 0 Å². The summed E-state index contributed by atoms with van der Waals surface area (Å²) in [5, 5.41) is 0. The van der Waals surface area contributed by atoms with Crippen LogP contribution in [0.2, 0.25) is 0 Å². The van der Waals surface area contributed by atoms with E-state index in [0.717, 1.165) is 5.71 Å². The van der Waals surface area contributed by atoms with E-state index in [2.05, 4.69) is 66.5 Å². The third kappa shape index (κ3) is 5.42. The van der Waals surface area contributed by atoms with Gasteiger partial charge in [0, 0.05) is 23.1 Å². The lowest BCUT2D eigenvalue weighted by Gasteiger charge is -2.37. The average molecular weight is 241 g/mol. The Balaban J connectivity index is 4.80. The lowest BCUT2D eigenvalue weighted by molar-refractivity contribution is 0.219. The Labute approximate surface area is 103 Å². The fraction of sp³-hybridized carbons (Fsp3) is 0.727. The van der Waals surface area contributed by atoms with E-state index in [4.69, 9.17) is 0 Å². The van der Waals surface area contributed by atoms with Crippen molar-refractivity contribution in [2.45, 2.75) is 40.2 Å². The monoisotopic (exact) mass is 241 g/mol. The van der Waals surface area contributed by atoms with Gasteiger partial charge in [-0.05, 0) is 40.7 Å². The van der Waals surface area contributed by atoms with Crippen molar-refractivity contribution < 1.29 is 0 Å². The van der Waals surface area contributed by atoms with Crippen LogP contribution in [0.3, 0.4) is 0 Å². The van der Waals surface area contributed by atoms with Gasteiger partial charge in [0.25, 0.3) is 0 Å². The van der Waals surface area contributed by atoms with E-state index in [0.29, 0.717) is 12.0 Å². The van der Waals surface area contributed by atoms with Gasteiger partial charge >= 0.3 is 0 Å². The highest BCUT2D eigenvalue weighted by molar-refractivity contribution is 7.80. The highest BCUT2D eigenvalue weighted by atomic mass is 32.1. The Morgan fingerprint density at radius 3 is 2.27 bits per heavy atom. The number of allylic oxidation sites excluding steroid dienone is 2. The van der Waals surface area contributed by atoms with E-state index in [9.17, 15) is 0 Å². The largest absolute Gasteiger partial charge is 0.361 e. The molecule has 0 N–H and O–H groups in total. The third-order valence-electron chi connectivity index (χ3n) is 2.12. The maximum Gasteiger partial charge on any atom is 0.0612 e. The molecular formula is C11H21N2SSi. The topological polar surface area (TPSA) is 15.6 Å². The van der Waals surface area contributed by atoms with Crippen LogP contribution in [0.25, 0.3) is 0 Å². The first-order valence-corrected chi connectivity index (χ1v) is 6.39. The molecule has 0 unspecified atom stereocenters. The second kappa shape index (κ2) is 6.38. The first-order chi connectivity index (χ1) is 6.82. The quantitative estimate of drug-likeness (QED) is 0.346. The molecule has 0 rings (SSSR count). The zero-order valence-electron chi connectivity index (χ0n) is 10.3. The Bertz CT molecular complexity index is 254. The summed E-state index contributed by atoms with van der Waals surface area (Å²) < 4.78 is 0. The Morgan fingerprint density at radius 1 is 1.40 bits per heavy atom. The molecule has 0 fully saturated rings.